The molecule has 0 atom stereocenters. The quantitative estimate of drug-likeness (QED) is 0.529. The van der Waals surface area contributed by atoms with E-state index in [2.05, 4.69) is 0 Å². The van der Waals surface area contributed by atoms with Crippen molar-refractivity contribution >= 4 is 25.1 Å². The number of hydrogen-bond donors (Lipinski definition) is 0. The summed E-state index contributed by atoms with van der Waals surface area (Å²) in [5.74, 6) is -3.42. The average molecular weight is 164 g/mol. The van der Waals surface area contributed by atoms with E-state index in [1.54, 1.807) is 0 Å². The molecule has 1 saturated carbocycles. The maximum Gasteiger partial charge on any atom is 0.203 e. The minimum atomic E-state index is -0.855. The van der Waals surface area contributed by atoms with E-state index in [-0.39, 0.29) is 0 Å². The van der Waals surface area contributed by atoms with Gasteiger partial charge in [0.2, 0.25) is 25.1 Å². The maximum absolute atomic E-state index is 10.2. The molecule has 1 aliphatic rings. The molecule has 0 unspecified atom stereocenters. The summed E-state index contributed by atoms with van der Waals surface area (Å²) in [6, 6.07) is 0. The molecule has 0 saturated heterocycles. The Morgan fingerprint density at radius 2 is 0.667 bits per heavy atom. The molecule has 0 amide bonds. The van der Waals surface area contributed by atoms with Crippen molar-refractivity contribution in [1.29, 1.82) is 0 Å². The van der Waals surface area contributed by atoms with Gasteiger partial charge in [-0.3, -0.25) is 19.2 Å². The molecule has 0 N–H and O–H groups in total. The second-order valence-corrected chi connectivity index (χ2v) is 2.57. The summed E-state index contributed by atoms with van der Waals surface area (Å²) in [6.45, 7) is 0. The van der Waals surface area contributed by atoms with Crippen molar-refractivity contribution in [3.8, 4) is 0 Å². The fourth-order valence-electron chi connectivity index (χ4n) is 1.33. The molecule has 0 aliphatic heterocycles. The molecule has 0 bridgehead atoms. The van der Waals surface area contributed by atoms with E-state index in [1.807, 2.05) is 0 Å². The van der Waals surface area contributed by atoms with Crippen molar-refractivity contribution in [1.82, 2.24) is 0 Å². The topological polar surface area (TPSA) is 68.3 Å². The molecule has 4 radical (unpaired) electrons. The SMILES string of the molecule is O=[C]C1C([C]=O)C([C]=O)C1[C]=O. The summed E-state index contributed by atoms with van der Waals surface area (Å²) in [4.78, 5) is 40.7. The summed E-state index contributed by atoms with van der Waals surface area (Å²) in [5, 5.41) is 0. The highest BCUT2D eigenvalue weighted by atomic mass is 16.1. The Hall–Kier alpha value is -1.32. The van der Waals surface area contributed by atoms with E-state index >= 15 is 0 Å². The Morgan fingerprint density at radius 3 is 0.750 bits per heavy atom. The van der Waals surface area contributed by atoms with Crippen molar-refractivity contribution in [2.24, 2.45) is 23.7 Å². The predicted octanol–water partition coefficient (Wildman–Crippen LogP) is -1.10. The Morgan fingerprint density at radius 1 is 0.500 bits per heavy atom. The van der Waals surface area contributed by atoms with Gasteiger partial charge in [-0.2, -0.15) is 0 Å². The minimum absolute atomic E-state index is 0.855. The molecule has 1 aliphatic carbocycles. The summed E-state index contributed by atoms with van der Waals surface area (Å²) >= 11 is 0. The van der Waals surface area contributed by atoms with Crippen LogP contribution in [0, 0.1) is 23.7 Å². The lowest BCUT2D eigenvalue weighted by atomic mass is 9.59. The van der Waals surface area contributed by atoms with E-state index in [0.717, 1.165) is 0 Å². The molecule has 60 valence electrons. The Bertz CT molecular complexity index is 167. The van der Waals surface area contributed by atoms with Gasteiger partial charge in [-0.05, 0) is 0 Å². The molecule has 1 fully saturated rings. The summed E-state index contributed by atoms with van der Waals surface area (Å²) in [6.07, 6.45) is 6.06. The van der Waals surface area contributed by atoms with E-state index in [9.17, 15) is 19.2 Å². The van der Waals surface area contributed by atoms with E-state index < -0.39 is 23.7 Å². The first kappa shape index (κ1) is 8.77. The number of rotatable bonds is 4. The van der Waals surface area contributed by atoms with Crippen LogP contribution < -0.4 is 0 Å². The van der Waals surface area contributed by atoms with Crippen molar-refractivity contribution in [3.63, 3.8) is 0 Å². The van der Waals surface area contributed by atoms with Crippen LogP contribution in [0.1, 0.15) is 0 Å². The monoisotopic (exact) mass is 164 g/mol. The lowest BCUT2D eigenvalue weighted by molar-refractivity contribution is 0.175. The molecule has 0 aromatic carbocycles. The predicted molar refractivity (Wildman–Crippen MR) is 36.7 cm³/mol. The molecular formula is C8H4O4. The van der Waals surface area contributed by atoms with Crippen molar-refractivity contribution in [2.75, 3.05) is 0 Å². The standard InChI is InChI=1S/C8H4O4/c9-1-5-6(2-10)8(4-12)7(5)3-11/h5-8H. The second kappa shape index (κ2) is 3.38. The highest BCUT2D eigenvalue weighted by Gasteiger charge is 2.52. The zero-order valence-corrected chi connectivity index (χ0v) is 5.94. The minimum Gasteiger partial charge on any atom is -0.291 e. The fraction of sp³-hybridized carbons (Fsp3) is 0.500. The van der Waals surface area contributed by atoms with Gasteiger partial charge in [-0.15, -0.1) is 0 Å². The summed E-state index contributed by atoms with van der Waals surface area (Å²) < 4.78 is 0. The largest absolute Gasteiger partial charge is 0.291 e. The molecule has 0 spiro atoms. The molecule has 4 heteroatoms. The number of carbonyl (C=O) groups excluding carboxylic acids is 4. The van der Waals surface area contributed by atoms with Crippen LogP contribution in [0.25, 0.3) is 0 Å². The molecule has 0 aromatic rings. The van der Waals surface area contributed by atoms with Crippen LogP contribution in [0.4, 0.5) is 0 Å². The number of hydrogen-bond acceptors (Lipinski definition) is 4. The summed E-state index contributed by atoms with van der Waals surface area (Å²) in [5.41, 5.74) is 0. The van der Waals surface area contributed by atoms with Crippen LogP contribution in [0.5, 0.6) is 0 Å². The van der Waals surface area contributed by atoms with E-state index in [1.165, 1.54) is 25.1 Å². The third kappa shape index (κ3) is 0.995. The zero-order valence-electron chi connectivity index (χ0n) is 5.94. The average Bonchev–Trinajstić information content (AvgIpc) is 2.05. The van der Waals surface area contributed by atoms with Gasteiger partial charge in [-0.1, -0.05) is 0 Å². The highest BCUT2D eigenvalue weighted by Crippen LogP contribution is 2.41. The normalized spacial score (nSPS) is 39.3. The van der Waals surface area contributed by atoms with Crippen molar-refractivity contribution in [3.05, 3.63) is 0 Å². The van der Waals surface area contributed by atoms with Gasteiger partial charge in [0, 0.05) is 23.7 Å². The van der Waals surface area contributed by atoms with Gasteiger partial charge in [-0.25, -0.2) is 0 Å². The first-order valence-corrected chi connectivity index (χ1v) is 3.30. The third-order valence-electron chi connectivity index (χ3n) is 2.09. The van der Waals surface area contributed by atoms with E-state index in [0.29, 0.717) is 0 Å². The highest BCUT2D eigenvalue weighted by molar-refractivity contribution is 5.83. The van der Waals surface area contributed by atoms with Gasteiger partial charge in [0.15, 0.2) is 0 Å². The second-order valence-electron chi connectivity index (χ2n) is 2.57. The maximum atomic E-state index is 10.2. The van der Waals surface area contributed by atoms with Crippen LogP contribution in [0.2, 0.25) is 0 Å². The van der Waals surface area contributed by atoms with Crippen molar-refractivity contribution < 1.29 is 19.2 Å². The van der Waals surface area contributed by atoms with Gasteiger partial charge >= 0.3 is 0 Å². The Balaban J connectivity index is 2.77. The molecule has 1 rings (SSSR count). The molecule has 12 heavy (non-hydrogen) atoms. The smallest absolute Gasteiger partial charge is 0.203 e. The first-order chi connectivity index (χ1) is 5.79. The first-order valence-electron chi connectivity index (χ1n) is 3.30. The van der Waals surface area contributed by atoms with Crippen LogP contribution in [0.15, 0.2) is 0 Å². The molecule has 0 aromatic heterocycles. The molecule has 4 nitrogen and oxygen atoms in total. The van der Waals surface area contributed by atoms with Crippen molar-refractivity contribution in [2.45, 2.75) is 0 Å². The van der Waals surface area contributed by atoms with Gasteiger partial charge in [0.25, 0.3) is 0 Å². The molecule has 0 heterocycles. The fourth-order valence-corrected chi connectivity index (χ4v) is 1.33. The van der Waals surface area contributed by atoms with Gasteiger partial charge in [0.1, 0.15) is 0 Å². The van der Waals surface area contributed by atoms with Crippen LogP contribution in [-0.4, -0.2) is 25.1 Å². The van der Waals surface area contributed by atoms with E-state index in [4.69, 9.17) is 0 Å². The Labute approximate surface area is 68.9 Å². The van der Waals surface area contributed by atoms with Gasteiger partial charge < -0.3 is 0 Å². The lowest BCUT2D eigenvalue weighted by Crippen LogP contribution is -2.50. The van der Waals surface area contributed by atoms with Gasteiger partial charge in [0.05, 0.1) is 0 Å². The molecular weight excluding hydrogens is 160 g/mol. The lowest BCUT2D eigenvalue weighted by Gasteiger charge is -2.38. The van der Waals surface area contributed by atoms with Crippen LogP contribution in [-0.2, 0) is 19.2 Å². The van der Waals surface area contributed by atoms with Crippen LogP contribution >= 0.6 is 0 Å². The summed E-state index contributed by atoms with van der Waals surface area (Å²) in [7, 11) is 0. The van der Waals surface area contributed by atoms with Crippen LogP contribution in [0.3, 0.4) is 0 Å². The third-order valence-corrected chi connectivity index (χ3v) is 2.09. The zero-order chi connectivity index (χ0) is 9.14. The Kier molecular flexibility index (Phi) is 2.47.